The number of aryl methyl sites for hydroxylation is 2. The summed E-state index contributed by atoms with van der Waals surface area (Å²) in [7, 11) is 0. The van der Waals surface area contributed by atoms with Gasteiger partial charge in [-0.05, 0) is 25.0 Å². The molecule has 1 aromatic carbocycles. The van der Waals surface area contributed by atoms with Crippen LogP contribution in [0, 0.1) is 13.8 Å². The second-order valence-corrected chi connectivity index (χ2v) is 3.68. The summed E-state index contributed by atoms with van der Waals surface area (Å²) in [4.78, 5) is 0. The van der Waals surface area contributed by atoms with Crippen LogP contribution in [-0.2, 0) is 0 Å². The summed E-state index contributed by atoms with van der Waals surface area (Å²) in [5.41, 5.74) is 3.36. The molecule has 1 atom stereocenters. The SMILES string of the molecule is Cc1ccc(C)c(C(O)CBr)c1. The number of benzene rings is 1. The van der Waals surface area contributed by atoms with E-state index in [4.69, 9.17) is 0 Å². The van der Waals surface area contributed by atoms with Crippen molar-refractivity contribution in [1.82, 2.24) is 0 Å². The lowest BCUT2D eigenvalue weighted by molar-refractivity contribution is 0.204. The van der Waals surface area contributed by atoms with E-state index >= 15 is 0 Å². The van der Waals surface area contributed by atoms with E-state index in [-0.39, 0.29) is 6.10 Å². The number of hydrogen-bond donors (Lipinski definition) is 1. The Labute approximate surface area is 81.6 Å². The molecular weight excluding hydrogens is 216 g/mol. The first-order valence-corrected chi connectivity index (χ1v) is 5.08. The van der Waals surface area contributed by atoms with Gasteiger partial charge in [0.1, 0.15) is 0 Å². The van der Waals surface area contributed by atoms with Crippen LogP contribution in [0.1, 0.15) is 22.8 Å². The van der Waals surface area contributed by atoms with Gasteiger partial charge in [0.25, 0.3) is 0 Å². The maximum Gasteiger partial charge on any atom is 0.0889 e. The average Bonchev–Trinajstić information content (AvgIpc) is 2.08. The molecule has 0 aromatic heterocycles. The fourth-order valence-corrected chi connectivity index (χ4v) is 1.55. The van der Waals surface area contributed by atoms with Crippen LogP contribution >= 0.6 is 15.9 Å². The van der Waals surface area contributed by atoms with Gasteiger partial charge < -0.3 is 5.11 Å². The van der Waals surface area contributed by atoms with Gasteiger partial charge in [-0.15, -0.1) is 0 Å². The molecule has 66 valence electrons. The van der Waals surface area contributed by atoms with E-state index in [9.17, 15) is 5.11 Å². The highest BCUT2D eigenvalue weighted by Gasteiger charge is 2.07. The summed E-state index contributed by atoms with van der Waals surface area (Å²) < 4.78 is 0. The summed E-state index contributed by atoms with van der Waals surface area (Å²) in [5.74, 6) is 0. The lowest BCUT2D eigenvalue weighted by Gasteiger charge is -2.11. The van der Waals surface area contributed by atoms with Crippen molar-refractivity contribution in [2.75, 3.05) is 5.33 Å². The van der Waals surface area contributed by atoms with E-state index in [2.05, 4.69) is 22.0 Å². The van der Waals surface area contributed by atoms with E-state index in [1.165, 1.54) is 5.56 Å². The Hall–Kier alpha value is -0.340. The fraction of sp³-hybridized carbons (Fsp3) is 0.400. The van der Waals surface area contributed by atoms with Crippen LogP contribution in [0.15, 0.2) is 18.2 Å². The molecule has 0 aliphatic rings. The van der Waals surface area contributed by atoms with Crippen LogP contribution in [-0.4, -0.2) is 10.4 Å². The topological polar surface area (TPSA) is 20.2 Å². The average molecular weight is 229 g/mol. The summed E-state index contributed by atoms with van der Waals surface area (Å²) >= 11 is 3.26. The van der Waals surface area contributed by atoms with Gasteiger partial charge in [-0.3, -0.25) is 0 Å². The monoisotopic (exact) mass is 228 g/mol. The van der Waals surface area contributed by atoms with Crippen LogP contribution < -0.4 is 0 Å². The zero-order chi connectivity index (χ0) is 9.14. The minimum absolute atomic E-state index is 0.384. The molecule has 0 heterocycles. The zero-order valence-corrected chi connectivity index (χ0v) is 8.93. The molecule has 0 amide bonds. The third-order valence-corrected chi connectivity index (χ3v) is 2.55. The van der Waals surface area contributed by atoms with Crippen molar-refractivity contribution >= 4 is 15.9 Å². The van der Waals surface area contributed by atoms with Crippen LogP contribution in [0.25, 0.3) is 0 Å². The van der Waals surface area contributed by atoms with Crippen molar-refractivity contribution in [2.24, 2.45) is 0 Å². The number of rotatable bonds is 2. The highest BCUT2D eigenvalue weighted by atomic mass is 79.9. The number of aliphatic hydroxyl groups is 1. The summed E-state index contributed by atoms with van der Waals surface area (Å²) in [6.07, 6.45) is -0.384. The summed E-state index contributed by atoms with van der Waals surface area (Å²) in [6, 6.07) is 6.12. The van der Waals surface area contributed by atoms with Gasteiger partial charge >= 0.3 is 0 Å². The maximum atomic E-state index is 9.59. The standard InChI is InChI=1S/C10H13BrO/c1-7-3-4-8(2)9(5-7)10(12)6-11/h3-5,10,12H,6H2,1-2H3. The highest BCUT2D eigenvalue weighted by molar-refractivity contribution is 9.09. The molecule has 0 bridgehead atoms. The van der Waals surface area contributed by atoms with Gasteiger partial charge in [-0.2, -0.15) is 0 Å². The van der Waals surface area contributed by atoms with E-state index in [0.717, 1.165) is 11.1 Å². The van der Waals surface area contributed by atoms with Crippen molar-refractivity contribution in [1.29, 1.82) is 0 Å². The van der Waals surface area contributed by atoms with Gasteiger partial charge in [0, 0.05) is 5.33 Å². The number of halogens is 1. The Kier molecular flexibility index (Phi) is 3.29. The van der Waals surface area contributed by atoms with Crippen molar-refractivity contribution < 1.29 is 5.11 Å². The number of alkyl halides is 1. The molecule has 0 radical (unpaired) electrons. The van der Waals surface area contributed by atoms with Gasteiger partial charge in [0.2, 0.25) is 0 Å². The summed E-state index contributed by atoms with van der Waals surface area (Å²) in [6.45, 7) is 4.05. The molecule has 12 heavy (non-hydrogen) atoms. The smallest absolute Gasteiger partial charge is 0.0889 e. The molecular formula is C10H13BrO. The van der Waals surface area contributed by atoms with Crippen molar-refractivity contribution in [2.45, 2.75) is 20.0 Å². The minimum Gasteiger partial charge on any atom is -0.388 e. The van der Waals surface area contributed by atoms with Crippen LogP contribution in [0.2, 0.25) is 0 Å². The zero-order valence-electron chi connectivity index (χ0n) is 7.34. The molecule has 0 aliphatic carbocycles. The van der Waals surface area contributed by atoms with Gasteiger partial charge in [0.15, 0.2) is 0 Å². The quantitative estimate of drug-likeness (QED) is 0.773. The Morgan fingerprint density at radius 1 is 1.42 bits per heavy atom. The minimum atomic E-state index is -0.384. The molecule has 1 aromatic rings. The maximum absolute atomic E-state index is 9.59. The molecule has 0 aliphatic heterocycles. The molecule has 1 unspecified atom stereocenters. The summed E-state index contributed by atoms with van der Waals surface area (Å²) in [5, 5.41) is 10.2. The van der Waals surface area contributed by atoms with Crippen LogP contribution in [0.5, 0.6) is 0 Å². The molecule has 1 rings (SSSR count). The molecule has 1 N–H and O–H groups in total. The van der Waals surface area contributed by atoms with Crippen molar-refractivity contribution in [3.05, 3.63) is 34.9 Å². The van der Waals surface area contributed by atoms with Crippen LogP contribution in [0.4, 0.5) is 0 Å². The lowest BCUT2D eigenvalue weighted by Crippen LogP contribution is -2.01. The number of hydrogen-bond acceptors (Lipinski definition) is 1. The van der Waals surface area contributed by atoms with E-state index in [1.807, 2.05) is 26.0 Å². The van der Waals surface area contributed by atoms with Crippen LogP contribution in [0.3, 0.4) is 0 Å². The third-order valence-electron chi connectivity index (χ3n) is 1.94. The van der Waals surface area contributed by atoms with E-state index in [0.29, 0.717) is 5.33 Å². The lowest BCUT2D eigenvalue weighted by atomic mass is 10.0. The number of aliphatic hydroxyl groups excluding tert-OH is 1. The Bertz CT molecular complexity index is 271. The fourth-order valence-electron chi connectivity index (χ4n) is 1.20. The van der Waals surface area contributed by atoms with Crippen molar-refractivity contribution in [3.8, 4) is 0 Å². The largest absolute Gasteiger partial charge is 0.388 e. The molecule has 2 heteroatoms. The third kappa shape index (κ3) is 2.08. The Morgan fingerprint density at radius 3 is 2.67 bits per heavy atom. The molecule has 0 saturated heterocycles. The van der Waals surface area contributed by atoms with E-state index in [1.54, 1.807) is 0 Å². The second-order valence-electron chi connectivity index (χ2n) is 3.03. The predicted octanol–water partition coefficient (Wildman–Crippen LogP) is 2.73. The van der Waals surface area contributed by atoms with Crippen molar-refractivity contribution in [3.63, 3.8) is 0 Å². The Morgan fingerprint density at radius 2 is 2.08 bits per heavy atom. The molecule has 0 spiro atoms. The normalized spacial score (nSPS) is 13.0. The van der Waals surface area contributed by atoms with Gasteiger partial charge in [-0.1, -0.05) is 39.7 Å². The predicted molar refractivity (Wildman–Crippen MR) is 54.7 cm³/mol. The first-order chi connectivity index (χ1) is 5.65. The first kappa shape index (κ1) is 9.75. The van der Waals surface area contributed by atoms with Gasteiger partial charge in [0.05, 0.1) is 6.10 Å². The molecule has 0 saturated carbocycles. The molecule has 1 nitrogen and oxygen atoms in total. The van der Waals surface area contributed by atoms with Gasteiger partial charge in [-0.25, -0.2) is 0 Å². The highest BCUT2D eigenvalue weighted by Crippen LogP contribution is 2.20. The van der Waals surface area contributed by atoms with E-state index < -0.39 is 0 Å². The first-order valence-electron chi connectivity index (χ1n) is 3.96. The Balaban J connectivity index is 3.04. The second kappa shape index (κ2) is 4.06. The molecule has 0 fully saturated rings.